The lowest BCUT2D eigenvalue weighted by Crippen LogP contribution is -2.38. The third-order valence-corrected chi connectivity index (χ3v) is 5.67. The monoisotopic (exact) mass is 432 g/mol. The van der Waals surface area contributed by atoms with Crippen LogP contribution < -0.4 is 20.1 Å². The summed E-state index contributed by atoms with van der Waals surface area (Å²) < 4.78 is 12.5. The van der Waals surface area contributed by atoms with Crippen molar-refractivity contribution >= 4 is 28.4 Å². The third-order valence-electron chi connectivity index (χ3n) is 5.67. The van der Waals surface area contributed by atoms with E-state index in [1.54, 1.807) is 18.7 Å². The van der Waals surface area contributed by atoms with Crippen molar-refractivity contribution < 1.29 is 14.3 Å². The van der Waals surface area contributed by atoms with Gasteiger partial charge < -0.3 is 20.1 Å². The van der Waals surface area contributed by atoms with Gasteiger partial charge >= 0.3 is 0 Å². The number of fused-ring (bicyclic) bond motifs is 3. The Balaban J connectivity index is 1.68. The van der Waals surface area contributed by atoms with Crippen molar-refractivity contribution in [3.63, 3.8) is 0 Å². The van der Waals surface area contributed by atoms with Crippen LogP contribution in [0, 0.1) is 0 Å². The van der Waals surface area contributed by atoms with Gasteiger partial charge in [-0.15, -0.1) is 5.10 Å². The van der Waals surface area contributed by atoms with Gasteiger partial charge in [-0.3, -0.25) is 4.79 Å². The Morgan fingerprint density at radius 3 is 2.69 bits per heavy atom. The van der Waals surface area contributed by atoms with Crippen molar-refractivity contribution in [1.82, 2.24) is 24.9 Å². The molecule has 1 aliphatic rings. The van der Waals surface area contributed by atoms with E-state index in [1.807, 2.05) is 42.5 Å². The Kier molecular flexibility index (Phi) is 5.22. The standard InChI is InChI=1S/C23H24N6O3/c1-31-15-11-9-14(10-12-15)20-27-21-19-16(7-5-8-18(19)32-2)25-23(29(21)28-20)26-17-6-3-4-13-24-22(17)30/h5,7-12,17H,3-4,6,13H2,1-2H3,(H,24,30)(H,25,26)/t17-/m1/s1. The summed E-state index contributed by atoms with van der Waals surface area (Å²) >= 11 is 0. The first-order chi connectivity index (χ1) is 15.7. The number of hydrogen-bond donors (Lipinski definition) is 2. The lowest BCUT2D eigenvalue weighted by atomic mass is 10.1. The first-order valence-corrected chi connectivity index (χ1v) is 10.6. The van der Waals surface area contributed by atoms with E-state index in [0.717, 1.165) is 36.0 Å². The van der Waals surface area contributed by atoms with Gasteiger partial charge in [0.05, 0.1) is 25.1 Å². The van der Waals surface area contributed by atoms with E-state index in [9.17, 15) is 4.79 Å². The normalized spacial score (nSPS) is 16.6. The molecule has 1 amide bonds. The molecule has 0 saturated carbocycles. The Morgan fingerprint density at radius 2 is 1.91 bits per heavy atom. The molecular weight excluding hydrogens is 408 g/mol. The minimum atomic E-state index is -0.384. The summed E-state index contributed by atoms with van der Waals surface area (Å²) in [6, 6.07) is 12.8. The van der Waals surface area contributed by atoms with Gasteiger partial charge in [0.25, 0.3) is 0 Å². The first-order valence-electron chi connectivity index (χ1n) is 10.6. The number of rotatable bonds is 5. The summed E-state index contributed by atoms with van der Waals surface area (Å²) in [4.78, 5) is 22.1. The lowest BCUT2D eigenvalue weighted by Gasteiger charge is -2.17. The molecule has 1 saturated heterocycles. The topological polar surface area (TPSA) is 103 Å². The van der Waals surface area contributed by atoms with Crippen molar-refractivity contribution in [3.05, 3.63) is 42.5 Å². The summed E-state index contributed by atoms with van der Waals surface area (Å²) in [7, 11) is 3.25. The second kappa shape index (κ2) is 8.33. The molecule has 0 aliphatic carbocycles. The van der Waals surface area contributed by atoms with Gasteiger partial charge in [-0.25, -0.2) is 9.97 Å². The second-order valence-corrected chi connectivity index (χ2v) is 7.67. The number of carbonyl (C=O) groups excluding carboxylic acids is 1. The van der Waals surface area contributed by atoms with Gasteiger partial charge in [-0.2, -0.15) is 4.52 Å². The quantitative estimate of drug-likeness (QED) is 0.500. The van der Waals surface area contributed by atoms with Crippen LogP contribution >= 0.6 is 0 Å². The summed E-state index contributed by atoms with van der Waals surface area (Å²) in [6.45, 7) is 0.694. The van der Waals surface area contributed by atoms with E-state index < -0.39 is 0 Å². The molecule has 0 bridgehead atoms. The van der Waals surface area contributed by atoms with Crippen molar-refractivity contribution in [2.45, 2.75) is 25.3 Å². The van der Waals surface area contributed by atoms with Gasteiger partial charge in [0.1, 0.15) is 17.5 Å². The number of methoxy groups -OCH3 is 2. The van der Waals surface area contributed by atoms with Crippen LogP contribution in [0.3, 0.4) is 0 Å². The van der Waals surface area contributed by atoms with E-state index in [2.05, 4.69) is 10.6 Å². The SMILES string of the molecule is COc1ccc(-c2nc3c4c(OC)cccc4nc(N[C@@H]4CCCCNC4=O)n3n2)cc1. The number of anilines is 1. The highest BCUT2D eigenvalue weighted by atomic mass is 16.5. The molecule has 5 rings (SSSR count). The predicted molar refractivity (Wildman–Crippen MR) is 121 cm³/mol. The van der Waals surface area contributed by atoms with Crippen molar-refractivity contribution in [2.75, 3.05) is 26.1 Å². The number of carbonyl (C=O) groups is 1. The van der Waals surface area contributed by atoms with E-state index in [1.165, 1.54) is 0 Å². The zero-order valence-electron chi connectivity index (χ0n) is 18.0. The highest BCUT2D eigenvalue weighted by Gasteiger charge is 2.24. The minimum absolute atomic E-state index is 0.0290. The van der Waals surface area contributed by atoms with E-state index in [-0.39, 0.29) is 11.9 Å². The maximum Gasteiger partial charge on any atom is 0.242 e. The van der Waals surface area contributed by atoms with E-state index in [0.29, 0.717) is 35.2 Å². The largest absolute Gasteiger partial charge is 0.497 e. The zero-order valence-corrected chi connectivity index (χ0v) is 18.0. The molecule has 2 N–H and O–H groups in total. The zero-order chi connectivity index (χ0) is 22.1. The fourth-order valence-corrected chi connectivity index (χ4v) is 3.98. The molecule has 1 aliphatic heterocycles. The molecule has 32 heavy (non-hydrogen) atoms. The molecule has 9 nitrogen and oxygen atoms in total. The van der Waals surface area contributed by atoms with Crippen molar-refractivity contribution in [1.29, 1.82) is 0 Å². The second-order valence-electron chi connectivity index (χ2n) is 7.67. The Morgan fingerprint density at radius 1 is 1.06 bits per heavy atom. The number of nitrogens with one attached hydrogen (secondary N) is 2. The number of amides is 1. The van der Waals surface area contributed by atoms with Crippen molar-refractivity contribution in [3.8, 4) is 22.9 Å². The summed E-state index contributed by atoms with van der Waals surface area (Å²) in [5, 5.41) is 11.7. The van der Waals surface area contributed by atoms with Crippen LogP contribution in [-0.4, -0.2) is 52.3 Å². The van der Waals surface area contributed by atoms with Crippen LogP contribution in [-0.2, 0) is 4.79 Å². The Bertz CT molecular complexity index is 1280. The smallest absolute Gasteiger partial charge is 0.242 e. The molecule has 1 atom stereocenters. The lowest BCUT2D eigenvalue weighted by molar-refractivity contribution is -0.121. The average Bonchev–Trinajstić information content (AvgIpc) is 3.18. The van der Waals surface area contributed by atoms with Crippen LogP contribution in [0.15, 0.2) is 42.5 Å². The highest BCUT2D eigenvalue weighted by molar-refractivity contribution is 5.98. The molecule has 9 heteroatoms. The molecule has 1 fully saturated rings. The van der Waals surface area contributed by atoms with Crippen LogP contribution in [0.5, 0.6) is 11.5 Å². The number of benzene rings is 2. The molecule has 0 spiro atoms. The first kappa shape index (κ1) is 20.0. The predicted octanol–water partition coefficient (Wildman–Crippen LogP) is 3.04. The maximum absolute atomic E-state index is 12.5. The molecule has 2 aromatic carbocycles. The average molecular weight is 432 g/mol. The number of hydrogen-bond acceptors (Lipinski definition) is 7. The van der Waals surface area contributed by atoms with Gasteiger partial charge in [0.2, 0.25) is 11.9 Å². The molecule has 4 aromatic rings. The molecule has 0 radical (unpaired) electrons. The summed E-state index contributed by atoms with van der Waals surface area (Å²) in [6.07, 6.45) is 2.65. The Labute approximate surface area is 184 Å². The molecule has 0 unspecified atom stereocenters. The third kappa shape index (κ3) is 3.55. The maximum atomic E-state index is 12.5. The number of aromatic nitrogens is 4. The van der Waals surface area contributed by atoms with Crippen LogP contribution in [0.2, 0.25) is 0 Å². The van der Waals surface area contributed by atoms with Crippen LogP contribution in [0.1, 0.15) is 19.3 Å². The molecule has 164 valence electrons. The fraction of sp³-hybridized carbons (Fsp3) is 0.304. The van der Waals surface area contributed by atoms with Crippen LogP contribution in [0.25, 0.3) is 27.9 Å². The fourth-order valence-electron chi connectivity index (χ4n) is 3.98. The number of ether oxygens (including phenoxy) is 2. The summed E-state index contributed by atoms with van der Waals surface area (Å²) in [5.41, 5.74) is 2.16. The molecule has 2 aromatic heterocycles. The van der Waals surface area contributed by atoms with E-state index in [4.69, 9.17) is 24.5 Å². The highest BCUT2D eigenvalue weighted by Crippen LogP contribution is 2.31. The molecule has 3 heterocycles. The van der Waals surface area contributed by atoms with E-state index >= 15 is 0 Å². The summed E-state index contributed by atoms with van der Waals surface area (Å²) in [5.74, 6) is 2.40. The Hall–Kier alpha value is -3.88. The molecular formula is C23H24N6O3. The van der Waals surface area contributed by atoms with Gasteiger partial charge in [0, 0.05) is 12.1 Å². The van der Waals surface area contributed by atoms with Crippen LogP contribution in [0.4, 0.5) is 5.95 Å². The van der Waals surface area contributed by atoms with Gasteiger partial charge in [0.15, 0.2) is 11.5 Å². The van der Waals surface area contributed by atoms with Crippen molar-refractivity contribution in [2.24, 2.45) is 0 Å². The number of nitrogens with zero attached hydrogens (tertiary/aromatic N) is 4. The van der Waals surface area contributed by atoms with Gasteiger partial charge in [-0.05, 0) is 55.7 Å². The minimum Gasteiger partial charge on any atom is -0.497 e. The van der Waals surface area contributed by atoms with Gasteiger partial charge in [-0.1, -0.05) is 6.07 Å².